The number of para-hydroxylation sites is 1. The highest BCUT2D eigenvalue weighted by Crippen LogP contribution is 2.46. The lowest BCUT2D eigenvalue weighted by atomic mass is 9.98. The maximum absolute atomic E-state index is 12.9. The number of anilines is 1. The fourth-order valence-corrected chi connectivity index (χ4v) is 4.37. The minimum Gasteiger partial charge on any atom is -0.325 e. The minimum atomic E-state index is -0.224. The van der Waals surface area contributed by atoms with Crippen molar-refractivity contribution < 1.29 is 4.79 Å². The Hall–Kier alpha value is -1.82. The van der Waals surface area contributed by atoms with E-state index in [1.165, 1.54) is 43.0 Å². The van der Waals surface area contributed by atoms with Gasteiger partial charge in [-0.25, -0.2) is 0 Å². The number of benzene rings is 1. The third-order valence-electron chi connectivity index (χ3n) is 5.37. The van der Waals surface area contributed by atoms with Gasteiger partial charge >= 0.3 is 0 Å². The molecule has 5 nitrogen and oxygen atoms in total. The molecule has 0 aliphatic heterocycles. The van der Waals surface area contributed by atoms with Crippen molar-refractivity contribution >= 4 is 23.4 Å². The Balaban J connectivity index is 1.50. The molecular formula is C21H28N4OS. The first kappa shape index (κ1) is 18.5. The van der Waals surface area contributed by atoms with E-state index in [1.807, 2.05) is 19.9 Å². The van der Waals surface area contributed by atoms with Crippen molar-refractivity contribution in [1.29, 1.82) is 0 Å². The van der Waals surface area contributed by atoms with Crippen LogP contribution in [-0.2, 0) is 4.79 Å². The quantitative estimate of drug-likeness (QED) is 0.679. The van der Waals surface area contributed by atoms with Crippen LogP contribution in [0.25, 0.3) is 0 Å². The van der Waals surface area contributed by atoms with E-state index in [0.717, 1.165) is 22.2 Å². The number of nitrogens with one attached hydrogen (secondary N) is 1. The summed E-state index contributed by atoms with van der Waals surface area (Å²) in [5.74, 6) is 2.10. The van der Waals surface area contributed by atoms with E-state index < -0.39 is 0 Å². The van der Waals surface area contributed by atoms with Gasteiger partial charge in [-0.05, 0) is 56.6 Å². The normalized spacial score (nSPS) is 18.0. The van der Waals surface area contributed by atoms with Crippen molar-refractivity contribution in [3.8, 4) is 0 Å². The van der Waals surface area contributed by atoms with Crippen molar-refractivity contribution in [2.45, 2.75) is 81.7 Å². The predicted octanol–water partition coefficient (Wildman–Crippen LogP) is 5.04. The summed E-state index contributed by atoms with van der Waals surface area (Å²) in [6, 6.07) is 6.73. The zero-order valence-electron chi connectivity index (χ0n) is 16.5. The number of hydrogen-bond donors (Lipinski definition) is 1. The van der Waals surface area contributed by atoms with Crippen molar-refractivity contribution in [2.24, 2.45) is 0 Å². The molecule has 0 saturated heterocycles. The lowest BCUT2D eigenvalue weighted by Gasteiger charge is -2.18. The lowest BCUT2D eigenvalue weighted by molar-refractivity contribution is -0.115. The van der Waals surface area contributed by atoms with Gasteiger partial charge in [-0.2, -0.15) is 0 Å². The largest absolute Gasteiger partial charge is 0.325 e. The first-order chi connectivity index (χ1) is 13.0. The zero-order chi connectivity index (χ0) is 19.1. The molecule has 1 heterocycles. The summed E-state index contributed by atoms with van der Waals surface area (Å²) in [7, 11) is 0. The Morgan fingerprint density at radius 2 is 1.93 bits per heavy atom. The molecule has 2 fully saturated rings. The molecule has 2 aromatic rings. The molecule has 2 aliphatic rings. The van der Waals surface area contributed by atoms with Gasteiger partial charge in [-0.3, -0.25) is 4.79 Å². The summed E-state index contributed by atoms with van der Waals surface area (Å²) in [6.07, 6.45) is 4.84. The Bertz CT molecular complexity index is 852. The van der Waals surface area contributed by atoms with Crippen LogP contribution in [0.2, 0.25) is 0 Å². The van der Waals surface area contributed by atoms with Crippen molar-refractivity contribution in [3.63, 3.8) is 0 Å². The molecule has 0 radical (unpaired) electrons. The van der Waals surface area contributed by atoms with E-state index >= 15 is 0 Å². The number of aryl methyl sites for hydroxylation is 1. The summed E-state index contributed by atoms with van der Waals surface area (Å²) in [4.78, 5) is 12.9. The topological polar surface area (TPSA) is 59.8 Å². The highest BCUT2D eigenvalue weighted by Gasteiger charge is 2.37. The number of carbonyl (C=O) groups is 1. The minimum absolute atomic E-state index is 0.0227. The fraction of sp³-hybridized carbons (Fsp3) is 0.571. The fourth-order valence-electron chi connectivity index (χ4n) is 3.44. The molecule has 1 aromatic carbocycles. The number of carbonyl (C=O) groups excluding carboxylic acids is 1. The van der Waals surface area contributed by atoms with Crippen molar-refractivity contribution in [1.82, 2.24) is 14.8 Å². The van der Waals surface area contributed by atoms with E-state index in [-0.39, 0.29) is 11.2 Å². The molecule has 0 spiro atoms. The Morgan fingerprint density at radius 1 is 1.19 bits per heavy atom. The SMILES string of the molecule is Cc1cccc(C(C)C)c1NC(=O)[C@H](C)Sc1nnc(C2CC2)n1C1CC1. The first-order valence-corrected chi connectivity index (χ1v) is 10.9. The molecule has 6 heteroatoms. The number of nitrogens with zero attached hydrogens (tertiary/aromatic N) is 3. The standard InChI is InChI=1S/C21H28N4OS/c1-12(2)17-7-5-6-13(3)18(17)22-20(26)14(4)27-21-24-23-19(15-8-9-15)25(21)16-10-11-16/h5-7,12,14-16H,8-11H2,1-4H3,(H,22,26)/t14-/m0/s1. The number of hydrogen-bond acceptors (Lipinski definition) is 4. The number of thioether (sulfide) groups is 1. The average Bonchev–Trinajstić information content (AvgIpc) is 3.55. The molecule has 27 heavy (non-hydrogen) atoms. The Labute approximate surface area is 165 Å². The number of rotatable bonds is 7. The van der Waals surface area contributed by atoms with Gasteiger partial charge in [0.25, 0.3) is 0 Å². The lowest BCUT2D eigenvalue weighted by Crippen LogP contribution is -2.24. The van der Waals surface area contributed by atoms with Crippen LogP contribution in [0.5, 0.6) is 0 Å². The molecule has 4 rings (SSSR count). The molecule has 0 unspecified atom stereocenters. The maximum Gasteiger partial charge on any atom is 0.237 e. The van der Waals surface area contributed by atoms with Gasteiger partial charge in [0.1, 0.15) is 5.82 Å². The molecule has 1 amide bonds. The molecule has 1 atom stereocenters. The van der Waals surface area contributed by atoms with E-state index in [2.05, 4.69) is 46.1 Å². The Kier molecular flexibility index (Phi) is 5.01. The van der Waals surface area contributed by atoms with Crippen LogP contribution in [0.4, 0.5) is 5.69 Å². The van der Waals surface area contributed by atoms with Crippen LogP contribution >= 0.6 is 11.8 Å². The van der Waals surface area contributed by atoms with Gasteiger partial charge in [-0.15, -0.1) is 10.2 Å². The van der Waals surface area contributed by atoms with Crippen LogP contribution in [0, 0.1) is 6.92 Å². The van der Waals surface area contributed by atoms with Crippen LogP contribution in [0.15, 0.2) is 23.4 Å². The molecule has 0 bridgehead atoms. The summed E-state index contributed by atoms with van der Waals surface area (Å²) < 4.78 is 2.30. The van der Waals surface area contributed by atoms with Crippen LogP contribution in [0.1, 0.15) is 81.3 Å². The maximum atomic E-state index is 12.9. The average molecular weight is 385 g/mol. The first-order valence-electron chi connectivity index (χ1n) is 9.97. The second kappa shape index (κ2) is 7.30. The van der Waals surface area contributed by atoms with Gasteiger partial charge < -0.3 is 9.88 Å². The summed E-state index contributed by atoms with van der Waals surface area (Å²) in [6.45, 7) is 8.31. The van der Waals surface area contributed by atoms with Crippen LogP contribution < -0.4 is 5.32 Å². The van der Waals surface area contributed by atoms with E-state index in [1.54, 1.807) is 0 Å². The van der Waals surface area contributed by atoms with Gasteiger partial charge in [0, 0.05) is 17.6 Å². The second-order valence-corrected chi connectivity index (χ2v) is 9.47. The highest BCUT2D eigenvalue weighted by atomic mass is 32.2. The zero-order valence-corrected chi connectivity index (χ0v) is 17.3. The third kappa shape index (κ3) is 3.91. The third-order valence-corrected chi connectivity index (χ3v) is 6.43. The monoisotopic (exact) mass is 384 g/mol. The van der Waals surface area contributed by atoms with Crippen molar-refractivity contribution in [2.75, 3.05) is 5.32 Å². The predicted molar refractivity (Wildman–Crippen MR) is 109 cm³/mol. The molecule has 1 aromatic heterocycles. The molecular weight excluding hydrogens is 356 g/mol. The van der Waals surface area contributed by atoms with E-state index in [0.29, 0.717) is 17.9 Å². The molecule has 2 saturated carbocycles. The second-order valence-electron chi connectivity index (χ2n) is 8.16. The summed E-state index contributed by atoms with van der Waals surface area (Å²) in [5.41, 5.74) is 3.23. The van der Waals surface area contributed by atoms with Gasteiger partial charge in [0.15, 0.2) is 5.16 Å². The Morgan fingerprint density at radius 3 is 2.56 bits per heavy atom. The van der Waals surface area contributed by atoms with Gasteiger partial charge in [-0.1, -0.05) is 43.8 Å². The molecule has 1 N–H and O–H groups in total. The molecule has 144 valence electrons. The summed E-state index contributed by atoms with van der Waals surface area (Å²) >= 11 is 1.53. The van der Waals surface area contributed by atoms with Crippen molar-refractivity contribution in [3.05, 3.63) is 35.2 Å². The summed E-state index contributed by atoms with van der Waals surface area (Å²) in [5, 5.41) is 12.7. The number of aromatic nitrogens is 3. The van der Waals surface area contributed by atoms with Crippen LogP contribution in [0.3, 0.4) is 0 Å². The van der Waals surface area contributed by atoms with Gasteiger partial charge in [0.2, 0.25) is 5.91 Å². The van der Waals surface area contributed by atoms with E-state index in [4.69, 9.17) is 0 Å². The number of amides is 1. The highest BCUT2D eigenvalue weighted by molar-refractivity contribution is 8.00. The van der Waals surface area contributed by atoms with Crippen LogP contribution in [-0.4, -0.2) is 25.9 Å². The molecule has 2 aliphatic carbocycles. The van der Waals surface area contributed by atoms with E-state index in [9.17, 15) is 4.79 Å². The smallest absolute Gasteiger partial charge is 0.237 e. The van der Waals surface area contributed by atoms with Gasteiger partial charge in [0.05, 0.1) is 5.25 Å².